The first kappa shape index (κ1) is 15.0. The number of nitrogens with two attached hydrogens (primary N) is 1. The molecule has 0 aliphatic rings. The van der Waals surface area contributed by atoms with E-state index in [1.807, 2.05) is 25.1 Å². The number of amides is 1. The zero-order valence-corrected chi connectivity index (χ0v) is 12.0. The third-order valence-electron chi connectivity index (χ3n) is 3.26. The van der Waals surface area contributed by atoms with E-state index in [1.54, 1.807) is 12.1 Å². The fourth-order valence-electron chi connectivity index (χ4n) is 2.02. The second-order valence-corrected chi connectivity index (χ2v) is 4.98. The Morgan fingerprint density at radius 3 is 2.62 bits per heavy atom. The van der Waals surface area contributed by atoms with Gasteiger partial charge in [0.15, 0.2) is 0 Å². The molecular weight excluding hydrogens is 264 g/mol. The predicted molar refractivity (Wildman–Crippen MR) is 83.7 cm³/mol. The van der Waals surface area contributed by atoms with Crippen LogP contribution in [0, 0.1) is 0 Å². The molecule has 1 aromatic carbocycles. The van der Waals surface area contributed by atoms with E-state index in [0.717, 1.165) is 12.8 Å². The van der Waals surface area contributed by atoms with Gasteiger partial charge in [0.2, 0.25) is 0 Å². The van der Waals surface area contributed by atoms with Crippen molar-refractivity contribution in [3.8, 4) is 0 Å². The maximum Gasteiger partial charge on any atom is 0.253 e. The minimum absolute atomic E-state index is 0.102. The molecule has 1 unspecified atom stereocenters. The van der Waals surface area contributed by atoms with E-state index in [2.05, 4.69) is 27.9 Å². The van der Waals surface area contributed by atoms with Gasteiger partial charge in [-0.3, -0.25) is 4.79 Å². The molecule has 0 bridgehead atoms. The standard InChI is InChI=1S/C16H20N4O/c1-12(7-8-13-5-3-2-4-6-13)19-16(21)14-9-10-15(20-17)18-11-14/h2-6,9-12H,7-8,17H2,1H3,(H,18,20)(H,19,21). The second-order valence-electron chi connectivity index (χ2n) is 4.98. The maximum absolute atomic E-state index is 12.1. The summed E-state index contributed by atoms with van der Waals surface area (Å²) in [4.78, 5) is 16.1. The molecule has 1 heterocycles. The SMILES string of the molecule is CC(CCc1ccccc1)NC(=O)c1ccc(NN)nc1. The summed E-state index contributed by atoms with van der Waals surface area (Å²) in [6.07, 6.45) is 3.34. The number of carbonyl (C=O) groups is 1. The molecule has 2 rings (SSSR count). The Morgan fingerprint density at radius 1 is 1.24 bits per heavy atom. The summed E-state index contributed by atoms with van der Waals surface area (Å²) in [5.74, 6) is 5.65. The summed E-state index contributed by atoms with van der Waals surface area (Å²) < 4.78 is 0. The number of nitrogen functional groups attached to an aromatic ring is 1. The zero-order chi connectivity index (χ0) is 15.1. The molecule has 4 N–H and O–H groups in total. The highest BCUT2D eigenvalue weighted by Gasteiger charge is 2.10. The van der Waals surface area contributed by atoms with Crippen LogP contribution in [-0.2, 0) is 6.42 Å². The number of anilines is 1. The number of aryl methyl sites for hydroxylation is 1. The summed E-state index contributed by atoms with van der Waals surface area (Å²) >= 11 is 0. The number of nitrogens with one attached hydrogen (secondary N) is 2. The second kappa shape index (κ2) is 7.40. The first-order valence-electron chi connectivity index (χ1n) is 6.96. The van der Waals surface area contributed by atoms with Crippen molar-refractivity contribution < 1.29 is 4.79 Å². The molecule has 0 saturated heterocycles. The zero-order valence-electron chi connectivity index (χ0n) is 12.0. The van der Waals surface area contributed by atoms with Crippen molar-refractivity contribution >= 4 is 11.7 Å². The van der Waals surface area contributed by atoms with Gasteiger partial charge in [0.05, 0.1) is 5.56 Å². The van der Waals surface area contributed by atoms with Gasteiger partial charge in [0.1, 0.15) is 5.82 Å². The smallest absolute Gasteiger partial charge is 0.253 e. The largest absolute Gasteiger partial charge is 0.350 e. The highest BCUT2D eigenvalue weighted by Crippen LogP contribution is 2.07. The van der Waals surface area contributed by atoms with Crippen molar-refractivity contribution in [1.82, 2.24) is 10.3 Å². The van der Waals surface area contributed by atoms with E-state index >= 15 is 0 Å². The Labute approximate surface area is 124 Å². The first-order chi connectivity index (χ1) is 10.2. The Bertz CT molecular complexity index is 569. The third-order valence-corrected chi connectivity index (χ3v) is 3.26. The minimum atomic E-state index is -0.119. The predicted octanol–water partition coefficient (Wildman–Crippen LogP) is 2.12. The molecule has 0 spiro atoms. The molecular formula is C16H20N4O. The van der Waals surface area contributed by atoms with Crippen LogP contribution >= 0.6 is 0 Å². The van der Waals surface area contributed by atoms with E-state index in [-0.39, 0.29) is 11.9 Å². The number of hydrogen-bond donors (Lipinski definition) is 3. The van der Waals surface area contributed by atoms with Crippen LogP contribution in [0.3, 0.4) is 0 Å². The van der Waals surface area contributed by atoms with Crippen molar-refractivity contribution in [2.75, 3.05) is 5.43 Å². The van der Waals surface area contributed by atoms with Crippen LogP contribution in [0.5, 0.6) is 0 Å². The lowest BCUT2D eigenvalue weighted by Crippen LogP contribution is -2.33. The van der Waals surface area contributed by atoms with Crippen LogP contribution in [-0.4, -0.2) is 16.9 Å². The average molecular weight is 284 g/mol. The van der Waals surface area contributed by atoms with Gasteiger partial charge in [-0.05, 0) is 37.5 Å². The quantitative estimate of drug-likeness (QED) is 0.560. The molecule has 0 fully saturated rings. The van der Waals surface area contributed by atoms with Crippen molar-refractivity contribution in [3.05, 3.63) is 59.8 Å². The number of benzene rings is 1. The number of nitrogens with zero attached hydrogens (tertiary/aromatic N) is 1. The molecule has 2 aromatic rings. The van der Waals surface area contributed by atoms with Crippen molar-refractivity contribution in [3.63, 3.8) is 0 Å². The Hall–Kier alpha value is -2.40. The van der Waals surface area contributed by atoms with E-state index in [1.165, 1.54) is 11.8 Å². The summed E-state index contributed by atoms with van der Waals surface area (Å²) in [5.41, 5.74) is 4.23. The van der Waals surface area contributed by atoms with Crippen LogP contribution in [0.4, 0.5) is 5.82 Å². The van der Waals surface area contributed by atoms with E-state index in [0.29, 0.717) is 11.4 Å². The van der Waals surface area contributed by atoms with Crippen LogP contribution in [0.1, 0.15) is 29.3 Å². The van der Waals surface area contributed by atoms with Crippen LogP contribution < -0.4 is 16.6 Å². The molecule has 1 amide bonds. The Morgan fingerprint density at radius 2 is 2.00 bits per heavy atom. The lowest BCUT2D eigenvalue weighted by Gasteiger charge is -2.14. The number of hydrazine groups is 1. The maximum atomic E-state index is 12.1. The summed E-state index contributed by atoms with van der Waals surface area (Å²) in [7, 11) is 0. The lowest BCUT2D eigenvalue weighted by atomic mass is 10.1. The van der Waals surface area contributed by atoms with E-state index in [9.17, 15) is 4.79 Å². The molecule has 1 aromatic heterocycles. The topological polar surface area (TPSA) is 80.0 Å². The third kappa shape index (κ3) is 4.57. The van der Waals surface area contributed by atoms with Crippen molar-refractivity contribution in [2.24, 2.45) is 5.84 Å². The average Bonchev–Trinajstić information content (AvgIpc) is 2.54. The van der Waals surface area contributed by atoms with Gasteiger partial charge in [-0.2, -0.15) is 0 Å². The molecule has 0 radical (unpaired) electrons. The van der Waals surface area contributed by atoms with Crippen molar-refractivity contribution in [2.45, 2.75) is 25.8 Å². The van der Waals surface area contributed by atoms with Gasteiger partial charge >= 0.3 is 0 Å². The molecule has 0 aliphatic heterocycles. The van der Waals surface area contributed by atoms with Gasteiger partial charge in [-0.1, -0.05) is 30.3 Å². The molecule has 5 heteroatoms. The number of hydrogen-bond acceptors (Lipinski definition) is 4. The van der Waals surface area contributed by atoms with Gasteiger partial charge in [-0.15, -0.1) is 0 Å². The number of rotatable bonds is 6. The van der Waals surface area contributed by atoms with Gasteiger partial charge < -0.3 is 10.7 Å². The normalized spacial score (nSPS) is 11.7. The number of carbonyl (C=O) groups excluding carboxylic acids is 1. The molecule has 110 valence electrons. The fourth-order valence-corrected chi connectivity index (χ4v) is 2.02. The van der Waals surface area contributed by atoms with Gasteiger partial charge in [0.25, 0.3) is 5.91 Å². The number of pyridine rings is 1. The van der Waals surface area contributed by atoms with Gasteiger partial charge in [-0.25, -0.2) is 10.8 Å². The Kier molecular flexibility index (Phi) is 5.29. The highest BCUT2D eigenvalue weighted by atomic mass is 16.1. The van der Waals surface area contributed by atoms with Crippen LogP contribution in [0.15, 0.2) is 48.7 Å². The molecule has 21 heavy (non-hydrogen) atoms. The van der Waals surface area contributed by atoms with Crippen LogP contribution in [0.25, 0.3) is 0 Å². The van der Waals surface area contributed by atoms with Crippen LogP contribution in [0.2, 0.25) is 0 Å². The molecule has 1 atom stereocenters. The van der Waals surface area contributed by atoms with Crippen molar-refractivity contribution in [1.29, 1.82) is 0 Å². The first-order valence-corrected chi connectivity index (χ1v) is 6.96. The fraction of sp³-hybridized carbons (Fsp3) is 0.250. The highest BCUT2D eigenvalue weighted by molar-refractivity contribution is 5.94. The molecule has 0 saturated carbocycles. The molecule has 0 aliphatic carbocycles. The molecule has 5 nitrogen and oxygen atoms in total. The van der Waals surface area contributed by atoms with E-state index in [4.69, 9.17) is 5.84 Å². The van der Waals surface area contributed by atoms with E-state index < -0.39 is 0 Å². The van der Waals surface area contributed by atoms with Gasteiger partial charge in [0, 0.05) is 12.2 Å². The summed E-state index contributed by atoms with van der Waals surface area (Å²) in [5, 5.41) is 2.97. The summed E-state index contributed by atoms with van der Waals surface area (Å²) in [6, 6.07) is 13.7. The lowest BCUT2D eigenvalue weighted by molar-refractivity contribution is 0.0938. The number of aromatic nitrogens is 1. The summed E-state index contributed by atoms with van der Waals surface area (Å²) in [6.45, 7) is 2.00. The monoisotopic (exact) mass is 284 g/mol. The minimum Gasteiger partial charge on any atom is -0.350 e. The Balaban J connectivity index is 1.83.